The van der Waals surface area contributed by atoms with Crippen molar-refractivity contribution in [2.45, 2.75) is 6.92 Å². The number of aromatic nitrogens is 5. The van der Waals surface area contributed by atoms with E-state index in [2.05, 4.69) is 37.8 Å². The van der Waals surface area contributed by atoms with Gasteiger partial charge in [0.25, 0.3) is 0 Å². The molecule has 0 aliphatic carbocycles. The summed E-state index contributed by atoms with van der Waals surface area (Å²) in [5.41, 5.74) is 2.03. The van der Waals surface area contributed by atoms with Gasteiger partial charge in [-0.05, 0) is 35.6 Å². The molecule has 3 aromatic rings. The van der Waals surface area contributed by atoms with E-state index in [-0.39, 0.29) is 5.78 Å². The summed E-state index contributed by atoms with van der Waals surface area (Å²) >= 11 is 2.14. The van der Waals surface area contributed by atoms with Gasteiger partial charge in [-0.15, -0.1) is 0 Å². The first-order valence-corrected chi connectivity index (χ1v) is 6.29. The largest absolute Gasteiger partial charge is 0.294 e. The Morgan fingerprint density at radius 2 is 2.17 bits per heavy atom. The van der Waals surface area contributed by atoms with Crippen LogP contribution in [0.3, 0.4) is 0 Å². The van der Waals surface area contributed by atoms with Crippen molar-refractivity contribution in [2.75, 3.05) is 0 Å². The van der Waals surface area contributed by atoms with Crippen molar-refractivity contribution >= 4 is 34.0 Å². The van der Waals surface area contributed by atoms with E-state index in [1.807, 2.05) is 12.3 Å². The third kappa shape index (κ3) is 1.80. The number of Topliss-reactive ketones (excluding diaryl/α,β-unsaturated/α-hetero) is 1. The second-order valence-electron chi connectivity index (χ2n) is 3.78. The molecule has 0 amide bonds. The maximum atomic E-state index is 11.3. The molecule has 7 heteroatoms. The Kier molecular flexibility index (Phi) is 2.62. The first-order valence-electron chi connectivity index (χ1n) is 5.21. The number of hydrogen-bond donors (Lipinski definition) is 0. The van der Waals surface area contributed by atoms with Gasteiger partial charge in [0, 0.05) is 12.4 Å². The summed E-state index contributed by atoms with van der Waals surface area (Å²) in [5, 5.41) is 8.36. The highest BCUT2D eigenvalue weighted by Crippen LogP contribution is 2.15. The van der Waals surface area contributed by atoms with Crippen LogP contribution in [-0.4, -0.2) is 30.2 Å². The van der Waals surface area contributed by atoms with E-state index in [4.69, 9.17) is 0 Å². The Morgan fingerprint density at radius 1 is 1.33 bits per heavy atom. The summed E-state index contributed by atoms with van der Waals surface area (Å²) in [6.45, 7) is 1.51. The summed E-state index contributed by atoms with van der Waals surface area (Å²) in [4.78, 5) is 15.7. The fourth-order valence-electron chi connectivity index (χ4n) is 1.63. The summed E-state index contributed by atoms with van der Waals surface area (Å²) < 4.78 is 4.16. The van der Waals surface area contributed by atoms with Crippen LogP contribution in [0.5, 0.6) is 0 Å². The molecule has 0 unspecified atom stereocenters. The number of carbonyl (C=O) groups excluding carboxylic acids is 1. The molecule has 0 atom stereocenters. The van der Waals surface area contributed by atoms with Crippen LogP contribution < -0.4 is 0 Å². The summed E-state index contributed by atoms with van der Waals surface area (Å²) in [6.07, 6.45) is 6.74. The van der Waals surface area contributed by atoms with Crippen LogP contribution in [0.25, 0.3) is 11.3 Å². The fraction of sp³-hybridized carbons (Fsp3) is 0.0909. The van der Waals surface area contributed by atoms with Gasteiger partial charge in [0.2, 0.25) is 0 Å². The number of ketones is 1. The Balaban J connectivity index is 2.18. The summed E-state index contributed by atoms with van der Waals surface area (Å²) in [6, 6.07) is 1.87. The van der Waals surface area contributed by atoms with Crippen LogP contribution in [0, 0.1) is 3.70 Å². The normalized spacial score (nSPS) is 11.0. The van der Waals surface area contributed by atoms with Crippen molar-refractivity contribution in [3.8, 4) is 5.69 Å². The number of halogens is 1. The molecule has 0 bridgehead atoms. The minimum atomic E-state index is -0.0136. The molecular weight excluding hydrogens is 345 g/mol. The zero-order valence-electron chi connectivity index (χ0n) is 9.41. The monoisotopic (exact) mass is 353 g/mol. The average molecular weight is 353 g/mol. The van der Waals surface area contributed by atoms with Gasteiger partial charge in [-0.25, -0.2) is 14.2 Å². The average Bonchev–Trinajstić information content (AvgIpc) is 2.93. The van der Waals surface area contributed by atoms with Crippen LogP contribution in [-0.2, 0) is 0 Å². The SMILES string of the molecule is CC(=O)c1cnn(-c2cnn3ccc(I)nc23)c1. The van der Waals surface area contributed by atoms with Crippen LogP contribution in [0.1, 0.15) is 17.3 Å². The van der Waals surface area contributed by atoms with Gasteiger partial charge in [-0.1, -0.05) is 0 Å². The molecule has 0 aromatic carbocycles. The zero-order valence-corrected chi connectivity index (χ0v) is 11.6. The van der Waals surface area contributed by atoms with Crippen molar-refractivity contribution in [1.82, 2.24) is 24.4 Å². The lowest BCUT2D eigenvalue weighted by atomic mass is 10.3. The molecule has 18 heavy (non-hydrogen) atoms. The predicted molar refractivity (Wildman–Crippen MR) is 72.8 cm³/mol. The number of fused-ring (bicyclic) bond motifs is 1. The molecule has 0 radical (unpaired) electrons. The molecule has 0 aliphatic rings. The molecular formula is C11H8IN5O. The molecule has 0 aliphatic heterocycles. The minimum absolute atomic E-state index is 0.0136. The van der Waals surface area contributed by atoms with Crippen LogP contribution >= 0.6 is 22.6 Å². The molecule has 0 N–H and O–H groups in total. The lowest BCUT2D eigenvalue weighted by molar-refractivity contribution is 0.101. The molecule has 3 aromatic heterocycles. The zero-order chi connectivity index (χ0) is 12.7. The maximum Gasteiger partial charge on any atom is 0.182 e. The third-order valence-electron chi connectivity index (χ3n) is 2.55. The van der Waals surface area contributed by atoms with Gasteiger partial charge in [0.05, 0.1) is 18.0 Å². The van der Waals surface area contributed by atoms with Gasteiger partial charge in [0.1, 0.15) is 9.39 Å². The van der Waals surface area contributed by atoms with Gasteiger partial charge in [-0.2, -0.15) is 10.2 Å². The molecule has 3 rings (SSSR count). The third-order valence-corrected chi connectivity index (χ3v) is 3.15. The lowest BCUT2D eigenvalue weighted by Gasteiger charge is -1.98. The molecule has 6 nitrogen and oxygen atoms in total. The van der Waals surface area contributed by atoms with E-state index in [0.717, 1.165) is 9.39 Å². The highest BCUT2D eigenvalue weighted by Gasteiger charge is 2.10. The standard InChI is InChI=1S/C11H8IN5O/c1-7(18)8-4-13-17(6-8)9-5-14-16-3-2-10(12)15-11(9)16/h2-6H,1H3. The van der Waals surface area contributed by atoms with E-state index < -0.39 is 0 Å². The van der Waals surface area contributed by atoms with Gasteiger partial charge < -0.3 is 0 Å². The number of rotatable bonds is 2. The van der Waals surface area contributed by atoms with E-state index in [1.54, 1.807) is 27.8 Å². The van der Waals surface area contributed by atoms with Gasteiger partial charge >= 0.3 is 0 Å². The van der Waals surface area contributed by atoms with Gasteiger partial charge in [-0.3, -0.25) is 4.79 Å². The van der Waals surface area contributed by atoms with E-state index in [9.17, 15) is 4.79 Å². The fourth-order valence-corrected chi connectivity index (χ4v) is 2.02. The summed E-state index contributed by atoms with van der Waals surface area (Å²) in [7, 11) is 0. The van der Waals surface area contributed by atoms with Crippen LogP contribution in [0.15, 0.2) is 30.9 Å². The second kappa shape index (κ2) is 4.16. The Labute approximate surface area is 116 Å². The number of carbonyl (C=O) groups is 1. The van der Waals surface area contributed by atoms with Crippen LogP contribution in [0.2, 0.25) is 0 Å². The minimum Gasteiger partial charge on any atom is -0.294 e. The molecule has 3 heterocycles. The molecule has 0 saturated heterocycles. The van der Waals surface area contributed by atoms with Crippen molar-refractivity contribution in [3.05, 3.63) is 40.1 Å². The first-order chi connectivity index (χ1) is 8.65. The Morgan fingerprint density at radius 3 is 2.89 bits per heavy atom. The number of hydrogen-bond acceptors (Lipinski definition) is 4. The molecule has 0 spiro atoms. The maximum absolute atomic E-state index is 11.3. The molecule has 0 fully saturated rings. The highest BCUT2D eigenvalue weighted by molar-refractivity contribution is 14.1. The first kappa shape index (κ1) is 11.3. The Hall–Kier alpha value is -1.77. The quantitative estimate of drug-likeness (QED) is 0.400. The van der Waals surface area contributed by atoms with E-state index in [0.29, 0.717) is 11.2 Å². The smallest absolute Gasteiger partial charge is 0.182 e. The lowest BCUT2D eigenvalue weighted by Crippen LogP contribution is -1.97. The Bertz CT molecular complexity index is 745. The summed E-state index contributed by atoms with van der Waals surface area (Å²) in [5.74, 6) is -0.0136. The highest BCUT2D eigenvalue weighted by atomic mass is 127. The van der Waals surface area contributed by atoms with Crippen molar-refractivity contribution in [3.63, 3.8) is 0 Å². The van der Waals surface area contributed by atoms with Crippen molar-refractivity contribution < 1.29 is 4.79 Å². The molecule has 0 saturated carbocycles. The van der Waals surface area contributed by atoms with Crippen molar-refractivity contribution in [1.29, 1.82) is 0 Å². The van der Waals surface area contributed by atoms with Crippen LogP contribution in [0.4, 0.5) is 0 Å². The molecule has 90 valence electrons. The van der Waals surface area contributed by atoms with E-state index in [1.165, 1.54) is 6.92 Å². The number of nitrogens with zero attached hydrogens (tertiary/aromatic N) is 5. The second-order valence-corrected chi connectivity index (χ2v) is 4.88. The van der Waals surface area contributed by atoms with E-state index >= 15 is 0 Å². The topological polar surface area (TPSA) is 65.1 Å². The predicted octanol–water partition coefficient (Wildman–Crippen LogP) is 1.72. The van der Waals surface area contributed by atoms with Crippen molar-refractivity contribution in [2.24, 2.45) is 0 Å². The van der Waals surface area contributed by atoms with Gasteiger partial charge in [0.15, 0.2) is 11.4 Å².